The van der Waals surface area contributed by atoms with Crippen molar-refractivity contribution in [1.29, 1.82) is 0 Å². The molecule has 3 heteroatoms. The fourth-order valence-corrected chi connectivity index (χ4v) is 0.827. The highest BCUT2D eigenvalue weighted by molar-refractivity contribution is 5.78. The first-order chi connectivity index (χ1) is 4.97. The molecule has 3 nitrogen and oxygen atoms in total. The van der Waals surface area contributed by atoms with Gasteiger partial charge in [0.15, 0.2) is 0 Å². The first-order valence-corrected chi connectivity index (χ1v) is 2.97. The molecule has 0 fully saturated rings. The van der Waals surface area contributed by atoms with Gasteiger partial charge in [-0.1, -0.05) is 5.16 Å². The maximum atomic E-state index is 4.81. The molecular weight excluding hydrogens is 128 g/mol. The molecule has 0 unspecified atom stereocenters. The minimum atomic E-state index is 0.510. The number of pyridine rings is 1. The van der Waals surface area contributed by atoms with Gasteiger partial charge in [-0.05, 0) is 6.07 Å². The molecule has 2 rings (SSSR count). The van der Waals surface area contributed by atoms with Crippen LogP contribution in [0.1, 0.15) is 11.3 Å². The van der Waals surface area contributed by atoms with Gasteiger partial charge >= 0.3 is 0 Å². The van der Waals surface area contributed by atoms with Crippen LogP contribution in [-0.4, -0.2) is 11.2 Å². The van der Waals surface area contributed by atoms with E-state index in [9.17, 15) is 0 Å². The maximum absolute atomic E-state index is 4.81. The second-order valence-electron chi connectivity index (χ2n) is 1.99. The molecule has 49 valence electrons. The number of hydrogen-bond donors (Lipinski definition) is 0. The van der Waals surface area contributed by atoms with E-state index < -0.39 is 0 Å². The van der Waals surface area contributed by atoms with Gasteiger partial charge in [0, 0.05) is 17.8 Å². The largest absolute Gasteiger partial charge is 0.391 e. The van der Waals surface area contributed by atoms with Gasteiger partial charge < -0.3 is 4.84 Å². The summed E-state index contributed by atoms with van der Waals surface area (Å²) in [7, 11) is 0. The zero-order valence-corrected chi connectivity index (χ0v) is 5.24. The van der Waals surface area contributed by atoms with E-state index >= 15 is 0 Å². The van der Waals surface area contributed by atoms with Crippen molar-refractivity contribution in [2.75, 3.05) is 0 Å². The van der Waals surface area contributed by atoms with Gasteiger partial charge in [0.1, 0.15) is 6.61 Å². The quantitative estimate of drug-likeness (QED) is 0.523. The van der Waals surface area contributed by atoms with E-state index in [0.717, 1.165) is 11.3 Å². The number of hydrogen-bond acceptors (Lipinski definition) is 3. The van der Waals surface area contributed by atoms with Crippen molar-refractivity contribution in [2.45, 2.75) is 6.61 Å². The summed E-state index contributed by atoms with van der Waals surface area (Å²) < 4.78 is 0. The van der Waals surface area contributed by atoms with Crippen LogP contribution in [-0.2, 0) is 11.4 Å². The van der Waals surface area contributed by atoms with E-state index in [0.29, 0.717) is 6.61 Å². The van der Waals surface area contributed by atoms with Crippen molar-refractivity contribution >= 4 is 6.21 Å². The summed E-state index contributed by atoms with van der Waals surface area (Å²) >= 11 is 0. The van der Waals surface area contributed by atoms with Crippen molar-refractivity contribution in [3.63, 3.8) is 0 Å². The fourth-order valence-electron chi connectivity index (χ4n) is 0.827. The van der Waals surface area contributed by atoms with Crippen LogP contribution in [0.5, 0.6) is 0 Å². The SMILES string of the molecule is [c]1cnc2c(c1)CON=C2. The Balaban J connectivity index is 2.54. The second-order valence-corrected chi connectivity index (χ2v) is 1.99. The lowest BCUT2D eigenvalue weighted by Gasteiger charge is -2.06. The summed E-state index contributed by atoms with van der Waals surface area (Å²) in [6.45, 7) is 0.510. The first kappa shape index (κ1) is 5.41. The highest BCUT2D eigenvalue weighted by Gasteiger charge is 2.04. The molecule has 2 heterocycles. The van der Waals surface area contributed by atoms with Crippen molar-refractivity contribution in [2.24, 2.45) is 5.16 Å². The summed E-state index contributed by atoms with van der Waals surface area (Å²) in [5.74, 6) is 0. The van der Waals surface area contributed by atoms with E-state index in [2.05, 4.69) is 16.2 Å². The molecule has 1 radical (unpaired) electrons. The number of fused-ring (bicyclic) bond motifs is 1. The molecule has 0 atom stereocenters. The van der Waals surface area contributed by atoms with Gasteiger partial charge in [0.05, 0.1) is 11.9 Å². The van der Waals surface area contributed by atoms with Gasteiger partial charge in [0.2, 0.25) is 0 Å². The summed E-state index contributed by atoms with van der Waals surface area (Å²) in [6, 6.07) is 4.72. The van der Waals surface area contributed by atoms with Gasteiger partial charge in [-0.2, -0.15) is 0 Å². The predicted octanol–water partition coefficient (Wildman–Crippen LogP) is 0.746. The third kappa shape index (κ3) is 0.757. The third-order valence-electron chi connectivity index (χ3n) is 1.33. The van der Waals surface area contributed by atoms with E-state index in [1.807, 2.05) is 6.07 Å². The van der Waals surface area contributed by atoms with Crippen LogP contribution in [0.25, 0.3) is 0 Å². The van der Waals surface area contributed by atoms with Crippen LogP contribution in [0.3, 0.4) is 0 Å². The van der Waals surface area contributed by atoms with Crippen LogP contribution in [0, 0.1) is 6.07 Å². The molecule has 0 aliphatic carbocycles. The van der Waals surface area contributed by atoms with E-state index in [4.69, 9.17) is 4.84 Å². The van der Waals surface area contributed by atoms with Gasteiger partial charge in [0.25, 0.3) is 0 Å². The van der Waals surface area contributed by atoms with Gasteiger partial charge in [-0.15, -0.1) is 0 Å². The lowest BCUT2D eigenvalue weighted by Crippen LogP contribution is -2.02. The summed E-state index contributed by atoms with van der Waals surface area (Å²) in [4.78, 5) is 8.84. The predicted molar refractivity (Wildman–Crippen MR) is 35.5 cm³/mol. The standard InChI is InChI=1S/C7H5N2O/c1-2-6-5-10-9-4-7(6)8-3-1/h2-4H,5H2. The molecule has 1 aliphatic heterocycles. The molecule has 1 aliphatic rings. The van der Waals surface area contributed by atoms with E-state index in [-0.39, 0.29) is 0 Å². The second kappa shape index (κ2) is 2.10. The molecular formula is C7H5N2O. The molecule has 0 amide bonds. The Morgan fingerprint density at radius 3 is 3.50 bits per heavy atom. The molecule has 0 saturated carbocycles. The molecule has 0 bridgehead atoms. The number of rotatable bonds is 0. The van der Waals surface area contributed by atoms with E-state index in [1.165, 1.54) is 0 Å². The molecule has 10 heavy (non-hydrogen) atoms. The lowest BCUT2D eigenvalue weighted by atomic mass is 10.2. The van der Waals surface area contributed by atoms with Crippen LogP contribution >= 0.6 is 0 Å². The highest BCUT2D eigenvalue weighted by atomic mass is 16.6. The average molecular weight is 133 g/mol. The fraction of sp³-hybridized carbons (Fsp3) is 0.143. The third-order valence-corrected chi connectivity index (χ3v) is 1.33. The normalized spacial score (nSPS) is 14.0. The molecule has 0 aromatic carbocycles. The van der Waals surface area contributed by atoms with Crippen molar-refractivity contribution in [3.05, 3.63) is 29.6 Å². The van der Waals surface area contributed by atoms with Crippen LogP contribution in [0.15, 0.2) is 17.4 Å². The molecule has 0 N–H and O–H groups in total. The highest BCUT2D eigenvalue weighted by Crippen LogP contribution is 2.08. The van der Waals surface area contributed by atoms with Gasteiger partial charge in [-0.25, -0.2) is 0 Å². The monoisotopic (exact) mass is 133 g/mol. The summed E-state index contributed by atoms with van der Waals surface area (Å²) in [5, 5.41) is 3.62. The lowest BCUT2D eigenvalue weighted by molar-refractivity contribution is 0.127. The Bertz CT molecular complexity index is 270. The minimum Gasteiger partial charge on any atom is -0.391 e. The van der Waals surface area contributed by atoms with Crippen molar-refractivity contribution < 1.29 is 4.84 Å². The smallest absolute Gasteiger partial charge is 0.144 e. The number of aromatic nitrogens is 1. The Labute approximate surface area is 58.3 Å². The Kier molecular flexibility index (Phi) is 1.13. The first-order valence-electron chi connectivity index (χ1n) is 2.97. The topological polar surface area (TPSA) is 34.5 Å². The van der Waals surface area contributed by atoms with Crippen molar-refractivity contribution in [3.8, 4) is 0 Å². The minimum absolute atomic E-state index is 0.510. The van der Waals surface area contributed by atoms with Crippen molar-refractivity contribution in [1.82, 2.24) is 4.98 Å². The zero-order chi connectivity index (χ0) is 6.81. The zero-order valence-electron chi connectivity index (χ0n) is 5.24. The van der Waals surface area contributed by atoms with Crippen LogP contribution in [0.4, 0.5) is 0 Å². The Morgan fingerprint density at radius 1 is 1.60 bits per heavy atom. The number of nitrogens with zero attached hydrogens (tertiary/aromatic N) is 2. The van der Waals surface area contributed by atoms with Gasteiger partial charge in [-0.3, -0.25) is 4.98 Å². The van der Waals surface area contributed by atoms with Crippen LogP contribution in [0.2, 0.25) is 0 Å². The summed E-state index contributed by atoms with van der Waals surface area (Å²) in [5.41, 5.74) is 1.92. The molecule has 1 aromatic heterocycles. The summed E-state index contributed by atoms with van der Waals surface area (Å²) in [6.07, 6.45) is 3.23. The molecule has 0 spiro atoms. The van der Waals surface area contributed by atoms with Crippen LogP contribution < -0.4 is 0 Å². The molecule has 1 aromatic rings. The van der Waals surface area contributed by atoms with E-state index in [1.54, 1.807) is 12.4 Å². The number of oxime groups is 1. The molecule has 0 saturated heterocycles. The maximum Gasteiger partial charge on any atom is 0.144 e. The average Bonchev–Trinajstić information content (AvgIpc) is 2.05. The Morgan fingerprint density at radius 2 is 2.60 bits per heavy atom. The Hall–Kier alpha value is -1.38.